The van der Waals surface area contributed by atoms with Crippen LogP contribution in [0.5, 0.6) is 0 Å². The topological polar surface area (TPSA) is 26.3 Å². The third-order valence-corrected chi connectivity index (χ3v) is 1.71. The van der Waals surface area contributed by atoms with E-state index < -0.39 is 0 Å². The molecule has 1 radical (unpaired) electrons. The molecule has 0 aromatic heterocycles. The van der Waals surface area contributed by atoms with E-state index in [0.717, 1.165) is 32.1 Å². The highest BCUT2D eigenvalue weighted by Crippen LogP contribution is 2.09. The van der Waals surface area contributed by atoms with Crippen molar-refractivity contribution in [1.29, 1.82) is 0 Å². The van der Waals surface area contributed by atoms with E-state index in [1.807, 2.05) is 0 Å². The lowest BCUT2D eigenvalue weighted by Gasteiger charge is -2.11. The molecule has 0 N–H and O–H groups in total. The molecule has 0 saturated carbocycles. The van der Waals surface area contributed by atoms with Gasteiger partial charge < -0.3 is 4.74 Å². The fraction of sp³-hybridized carbons (Fsp3) is 0.889. The number of hydrogen-bond donors (Lipinski definition) is 0. The zero-order chi connectivity index (χ0) is 8.53. The van der Waals surface area contributed by atoms with Gasteiger partial charge in [-0.3, -0.25) is 0 Å². The van der Waals surface area contributed by atoms with E-state index in [1.165, 1.54) is 6.47 Å². The first kappa shape index (κ1) is 10.5. The molecule has 11 heavy (non-hydrogen) atoms. The highest BCUT2D eigenvalue weighted by atomic mass is 16.5. The summed E-state index contributed by atoms with van der Waals surface area (Å²) >= 11 is 0. The van der Waals surface area contributed by atoms with Crippen LogP contribution in [0.2, 0.25) is 0 Å². The predicted molar refractivity (Wildman–Crippen MR) is 45.0 cm³/mol. The first-order chi connectivity index (χ1) is 5.35. The fourth-order valence-electron chi connectivity index (χ4n) is 1.08. The Bertz CT molecular complexity index is 91.6. The maximum absolute atomic E-state index is 9.91. The molecule has 0 heterocycles. The normalized spacial score (nSPS) is 12.5. The summed E-state index contributed by atoms with van der Waals surface area (Å²) in [6.45, 7) is 5.73. The van der Waals surface area contributed by atoms with Gasteiger partial charge in [-0.25, -0.2) is 4.79 Å². The molecule has 2 nitrogen and oxygen atoms in total. The van der Waals surface area contributed by atoms with Crippen LogP contribution in [0.1, 0.15) is 46.0 Å². The van der Waals surface area contributed by atoms with Crippen LogP contribution in [-0.2, 0) is 9.53 Å². The van der Waals surface area contributed by atoms with Gasteiger partial charge in [0.15, 0.2) is 0 Å². The van der Waals surface area contributed by atoms with Crippen molar-refractivity contribution in [2.45, 2.75) is 52.1 Å². The molecule has 0 aliphatic carbocycles. The Labute approximate surface area is 68.9 Å². The zero-order valence-electron chi connectivity index (χ0n) is 7.43. The van der Waals surface area contributed by atoms with Gasteiger partial charge in [-0.15, -0.1) is 0 Å². The number of rotatable bonds is 7. The smallest absolute Gasteiger partial charge is 0.417 e. The largest absolute Gasteiger partial charge is 0.454 e. The van der Waals surface area contributed by atoms with Crippen LogP contribution in [-0.4, -0.2) is 12.6 Å². The second-order valence-corrected chi connectivity index (χ2v) is 2.75. The van der Waals surface area contributed by atoms with E-state index in [4.69, 9.17) is 4.74 Å². The molecule has 0 fully saturated rings. The van der Waals surface area contributed by atoms with Crippen molar-refractivity contribution in [3.63, 3.8) is 0 Å². The van der Waals surface area contributed by atoms with Crippen LogP contribution in [0.3, 0.4) is 0 Å². The van der Waals surface area contributed by atoms with E-state index in [9.17, 15) is 4.79 Å². The zero-order valence-corrected chi connectivity index (χ0v) is 7.43. The van der Waals surface area contributed by atoms with Gasteiger partial charge in [0, 0.05) is 0 Å². The standard InChI is InChI=1S/C9H17O2/c1-3-5-7-9(6-4-2)11-8-10/h9H,3-7H2,1-2H3. The summed E-state index contributed by atoms with van der Waals surface area (Å²) in [6, 6.07) is 0. The van der Waals surface area contributed by atoms with Gasteiger partial charge >= 0.3 is 6.47 Å². The number of ether oxygens (including phenoxy) is 1. The summed E-state index contributed by atoms with van der Waals surface area (Å²) in [6.07, 6.45) is 5.41. The van der Waals surface area contributed by atoms with Crippen LogP contribution < -0.4 is 0 Å². The molecule has 2 heteroatoms. The maximum Gasteiger partial charge on any atom is 0.417 e. The highest BCUT2D eigenvalue weighted by Gasteiger charge is 2.06. The molecule has 0 saturated heterocycles. The van der Waals surface area contributed by atoms with Gasteiger partial charge in [0.05, 0.1) is 0 Å². The van der Waals surface area contributed by atoms with Gasteiger partial charge in [0.1, 0.15) is 6.10 Å². The monoisotopic (exact) mass is 157 g/mol. The molecule has 65 valence electrons. The molecule has 0 rings (SSSR count). The Balaban J connectivity index is 3.41. The molecular formula is C9H17O2. The van der Waals surface area contributed by atoms with Crippen molar-refractivity contribution >= 4 is 6.47 Å². The average Bonchev–Trinajstić information content (AvgIpc) is 2.01. The van der Waals surface area contributed by atoms with Crippen LogP contribution in [0, 0.1) is 0 Å². The minimum atomic E-state index is 0.109. The van der Waals surface area contributed by atoms with Crippen molar-refractivity contribution in [3.05, 3.63) is 0 Å². The Morgan fingerprint density at radius 1 is 1.27 bits per heavy atom. The lowest BCUT2D eigenvalue weighted by Crippen LogP contribution is -2.11. The number of carbonyl (C=O) groups excluding carboxylic acids is 1. The molecule has 0 aromatic carbocycles. The van der Waals surface area contributed by atoms with Crippen molar-refractivity contribution in [2.75, 3.05) is 0 Å². The van der Waals surface area contributed by atoms with Crippen LogP contribution in [0.25, 0.3) is 0 Å². The van der Waals surface area contributed by atoms with Crippen LogP contribution >= 0.6 is 0 Å². The number of hydrogen-bond acceptors (Lipinski definition) is 2. The molecule has 0 aliphatic rings. The van der Waals surface area contributed by atoms with Crippen molar-refractivity contribution < 1.29 is 9.53 Å². The van der Waals surface area contributed by atoms with Crippen molar-refractivity contribution in [1.82, 2.24) is 0 Å². The summed E-state index contributed by atoms with van der Waals surface area (Å²) in [5.41, 5.74) is 0. The molecular weight excluding hydrogens is 140 g/mol. The minimum absolute atomic E-state index is 0.109. The van der Waals surface area contributed by atoms with E-state index in [1.54, 1.807) is 0 Å². The van der Waals surface area contributed by atoms with Crippen molar-refractivity contribution in [3.8, 4) is 0 Å². The second kappa shape index (κ2) is 7.58. The van der Waals surface area contributed by atoms with E-state index in [2.05, 4.69) is 13.8 Å². The Kier molecular flexibility index (Phi) is 7.21. The predicted octanol–water partition coefficient (Wildman–Crippen LogP) is 2.43. The van der Waals surface area contributed by atoms with Gasteiger partial charge in [-0.2, -0.15) is 0 Å². The third-order valence-electron chi connectivity index (χ3n) is 1.71. The number of unbranched alkanes of at least 4 members (excludes halogenated alkanes) is 1. The van der Waals surface area contributed by atoms with Crippen molar-refractivity contribution in [2.24, 2.45) is 0 Å². The van der Waals surface area contributed by atoms with E-state index >= 15 is 0 Å². The minimum Gasteiger partial charge on any atom is -0.454 e. The van der Waals surface area contributed by atoms with Crippen LogP contribution in [0.4, 0.5) is 0 Å². The highest BCUT2D eigenvalue weighted by molar-refractivity contribution is 5.38. The molecule has 0 aliphatic heterocycles. The second-order valence-electron chi connectivity index (χ2n) is 2.75. The van der Waals surface area contributed by atoms with E-state index in [-0.39, 0.29) is 6.10 Å². The van der Waals surface area contributed by atoms with Gasteiger partial charge in [0.25, 0.3) is 0 Å². The SMILES string of the molecule is CCCCC(CCC)O[C]=O. The molecule has 1 unspecified atom stereocenters. The fourth-order valence-corrected chi connectivity index (χ4v) is 1.08. The first-order valence-corrected chi connectivity index (χ1v) is 4.37. The molecule has 0 spiro atoms. The average molecular weight is 157 g/mol. The summed E-state index contributed by atoms with van der Waals surface area (Å²) in [5, 5.41) is 0. The Hall–Kier alpha value is -0.530. The summed E-state index contributed by atoms with van der Waals surface area (Å²) in [7, 11) is 0. The Morgan fingerprint density at radius 2 is 2.00 bits per heavy atom. The lowest BCUT2D eigenvalue weighted by atomic mass is 10.1. The molecule has 0 bridgehead atoms. The van der Waals surface area contributed by atoms with Gasteiger partial charge in [0.2, 0.25) is 0 Å². The first-order valence-electron chi connectivity index (χ1n) is 4.37. The Morgan fingerprint density at radius 3 is 2.45 bits per heavy atom. The maximum atomic E-state index is 9.91. The quantitative estimate of drug-likeness (QED) is 0.567. The summed E-state index contributed by atoms with van der Waals surface area (Å²) in [4.78, 5) is 9.91. The van der Waals surface area contributed by atoms with Gasteiger partial charge in [-0.05, 0) is 12.8 Å². The lowest BCUT2D eigenvalue weighted by molar-refractivity contribution is 0.154. The molecule has 1 atom stereocenters. The van der Waals surface area contributed by atoms with Gasteiger partial charge in [-0.1, -0.05) is 33.1 Å². The molecule has 0 amide bonds. The van der Waals surface area contributed by atoms with Crippen LogP contribution in [0.15, 0.2) is 0 Å². The molecule has 0 aromatic rings. The van der Waals surface area contributed by atoms with E-state index in [0.29, 0.717) is 0 Å². The third kappa shape index (κ3) is 5.89. The summed E-state index contributed by atoms with van der Waals surface area (Å²) in [5.74, 6) is 0. The summed E-state index contributed by atoms with van der Waals surface area (Å²) < 4.78 is 4.78.